The third-order valence-corrected chi connectivity index (χ3v) is 4.41. The molecular weight excluding hydrogens is 309 g/mol. The summed E-state index contributed by atoms with van der Waals surface area (Å²) >= 11 is 0. The van der Waals surface area contributed by atoms with Crippen molar-refractivity contribution in [2.75, 3.05) is 19.6 Å². The van der Waals surface area contributed by atoms with E-state index in [-0.39, 0.29) is 42.2 Å². The van der Waals surface area contributed by atoms with E-state index in [1.807, 2.05) is 6.92 Å². The predicted octanol–water partition coefficient (Wildman–Crippen LogP) is 2.58. The number of hydrogen-bond acceptors (Lipinski definition) is 3. The Kier molecular flexibility index (Phi) is 11.8. The lowest BCUT2D eigenvalue weighted by molar-refractivity contribution is -0.128. The van der Waals surface area contributed by atoms with Gasteiger partial charge in [-0.1, -0.05) is 19.8 Å². The molecule has 2 atom stereocenters. The number of nitrogens with one attached hydrogen (secondary N) is 1. The number of carbonyl (C=O) groups is 1. The van der Waals surface area contributed by atoms with Gasteiger partial charge in [-0.05, 0) is 40.2 Å². The van der Waals surface area contributed by atoms with Crippen molar-refractivity contribution in [1.29, 1.82) is 0 Å². The summed E-state index contributed by atoms with van der Waals surface area (Å²) in [5.41, 5.74) is 5.93. The minimum atomic E-state index is -0.329. The molecule has 0 aromatic heterocycles. The number of nitrogens with zero attached hydrogens (tertiary/aromatic N) is 1. The molecule has 0 aromatic rings. The van der Waals surface area contributed by atoms with Crippen molar-refractivity contribution < 1.29 is 4.79 Å². The highest BCUT2D eigenvalue weighted by atomic mass is 35.5. The molecule has 0 heterocycles. The average Bonchev–Trinajstić information content (AvgIpc) is 2.33. The molecule has 1 rings (SSSR count). The molecule has 1 fully saturated rings. The van der Waals surface area contributed by atoms with Crippen LogP contribution in [0.1, 0.15) is 53.4 Å². The van der Waals surface area contributed by atoms with Gasteiger partial charge in [0.15, 0.2) is 0 Å². The Morgan fingerprint density at radius 1 is 1.38 bits per heavy atom. The number of halogens is 2. The van der Waals surface area contributed by atoms with Crippen molar-refractivity contribution in [1.82, 2.24) is 10.2 Å². The number of rotatable bonds is 6. The standard InChI is InChI=1S/C15H31N3O.2ClH/c1-5-18(12(2)3)11-10-17-14(19)13-8-6-7-9-15(13,4)16;;/h12-13H,5-11,16H2,1-4H3,(H,17,19);2*1H. The number of nitrogens with two attached hydrogens (primary N) is 1. The van der Waals surface area contributed by atoms with E-state index in [1.165, 1.54) is 0 Å². The fraction of sp³-hybridized carbons (Fsp3) is 0.933. The molecule has 0 saturated heterocycles. The van der Waals surface area contributed by atoms with Crippen LogP contribution in [0.2, 0.25) is 0 Å². The van der Waals surface area contributed by atoms with Crippen LogP contribution in [0.4, 0.5) is 0 Å². The number of amides is 1. The second kappa shape index (κ2) is 10.7. The second-order valence-corrected chi connectivity index (χ2v) is 6.32. The van der Waals surface area contributed by atoms with E-state index in [0.29, 0.717) is 6.04 Å². The van der Waals surface area contributed by atoms with Crippen LogP contribution < -0.4 is 11.1 Å². The molecule has 0 bridgehead atoms. The van der Waals surface area contributed by atoms with Crippen molar-refractivity contribution in [2.45, 2.75) is 65.0 Å². The molecule has 0 radical (unpaired) electrons. The lowest BCUT2D eigenvalue weighted by Crippen LogP contribution is -2.53. The van der Waals surface area contributed by atoms with E-state index in [0.717, 1.165) is 45.3 Å². The van der Waals surface area contributed by atoms with Crippen LogP contribution in [-0.4, -0.2) is 42.0 Å². The predicted molar refractivity (Wildman–Crippen MR) is 94.4 cm³/mol. The molecule has 6 heteroatoms. The molecule has 4 nitrogen and oxygen atoms in total. The maximum absolute atomic E-state index is 12.2. The van der Waals surface area contributed by atoms with E-state index in [4.69, 9.17) is 5.73 Å². The Hall–Kier alpha value is -0.0300. The normalized spacial score (nSPS) is 25.2. The van der Waals surface area contributed by atoms with Gasteiger partial charge in [0.05, 0.1) is 5.92 Å². The zero-order valence-electron chi connectivity index (χ0n) is 13.9. The average molecular weight is 342 g/mol. The third-order valence-electron chi connectivity index (χ3n) is 4.41. The Labute approximate surface area is 142 Å². The quantitative estimate of drug-likeness (QED) is 0.780. The minimum Gasteiger partial charge on any atom is -0.355 e. The molecule has 0 aliphatic heterocycles. The van der Waals surface area contributed by atoms with Gasteiger partial charge in [-0.2, -0.15) is 0 Å². The summed E-state index contributed by atoms with van der Waals surface area (Å²) in [6, 6.07) is 0.524. The van der Waals surface area contributed by atoms with Crippen LogP contribution in [0.25, 0.3) is 0 Å². The first-order chi connectivity index (χ1) is 8.88. The van der Waals surface area contributed by atoms with Crippen molar-refractivity contribution in [3.63, 3.8) is 0 Å². The van der Waals surface area contributed by atoms with Gasteiger partial charge < -0.3 is 11.1 Å². The molecule has 2 unspecified atom stereocenters. The molecule has 3 N–H and O–H groups in total. The highest BCUT2D eigenvalue weighted by Crippen LogP contribution is 2.31. The van der Waals surface area contributed by atoms with Crippen molar-refractivity contribution in [2.24, 2.45) is 11.7 Å². The highest BCUT2D eigenvalue weighted by Gasteiger charge is 2.37. The van der Waals surface area contributed by atoms with Crippen molar-refractivity contribution in [3.8, 4) is 0 Å². The molecule has 0 aromatic carbocycles. The maximum Gasteiger partial charge on any atom is 0.225 e. The van der Waals surface area contributed by atoms with Gasteiger partial charge in [-0.3, -0.25) is 9.69 Å². The van der Waals surface area contributed by atoms with Gasteiger partial charge in [0, 0.05) is 24.7 Å². The number of carbonyl (C=O) groups excluding carboxylic acids is 1. The molecule has 0 spiro atoms. The summed E-state index contributed by atoms with van der Waals surface area (Å²) in [7, 11) is 0. The third kappa shape index (κ3) is 7.18. The lowest BCUT2D eigenvalue weighted by atomic mass is 9.74. The molecule has 21 heavy (non-hydrogen) atoms. The molecule has 1 aliphatic carbocycles. The Morgan fingerprint density at radius 3 is 2.48 bits per heavy atom. The Bertz CT molecular complexity index is 299. The fourth-order valence-electron chi connectivity index (χ4n) is 3.02. The summed E-state index contributed by atoms with van der Waals surface area (Å²) in [6.07, 6.45) is 4.16. The molecular formula is C15H33Cl2N3O. The topological polar surface area (TPSA) is 58.4 Å². The van der Waals surface area contributed by atoms with Gasteiger partial charge in [0.1, 0.15) is 0 Å². The minimum absolute atomic E-state index is 0. The largest absolute Gasteiger partial charge is 0.355 e. The smallest absolute Gasteiger partial charge is 0.225 e. The first-order valence-electron chi connectivity index (χ1n) is 7.69. The summed E-state index contributed by atoms with van der Waals surface area (Å²) in [6.45, 7) is 11.2. The van der Waals surface area contributed by atoms with Crippen LogP contribution in [0, 0.1) is 5.92 Å². The van der Waals surface area contributed by atoms with Gasteiger partial charge in [-0.25, -0.2) is 0 Å². The summed E-state index contributed by atoms with van der Waals surface area (Å²) < 4.78 is 0. The lowest BCUT2D eigenvalue weighted by Gasteiger charge is -2.37. The van der Waals surface area contributed by atoms with Gasteiger partial charge in [0.25, 0.3) is 0 Å². The first-order valence-corrected chi connectivity index (χ1v) is 7.69. The van der Waals surface area contributed by atoms with Gasteiger partial charge in [0.2, 0.25) is 5.91 Å². The molecule has 1 amide bonds. The fourth-order valence-corrected chi connectivity index (χ4v) is 3.02. The number of hydrogen-bond donors (Lipinski definition) is 2. The van der Waals surface area contributed by atoms with E-state index in [9.17, 15) is 4.79 Å². The molecule has 1 saturated carbocycles. The van der Waals surface area contributed by atoms with Gasteiger partial charge >= 0.3 is 0 Å². The van der Waals surface area contributed by atoms with Gasteiger partial charge in [-0.15, -0.1) is 24.8 Å². The van der Waals surface area contributed by atoms with Crippen LogP contribution in [0.15, 0.2) is 0 Å². The Morgan fingerprint density at radius 2 is 2.00 bits per heavy atom. The molecule has 128 valence electrons. The zero-order chi connectivity index (χ0) is 14.5. The SMILES string of the molecule is CCN(CCNC(=O)C1CCCCC1(C)N)C(C)C.Cl.Cl. The maximum atomic E-state index is 12.2. The van der Waals surface area contributed by atoms with E-state index >= 15 is 0 Å². The number of likely N-dealkylation sites (N-methyl/N-ethyl adjacent to an activating group) is 1. The van der Waals surface area contributed by atoms with Crippen LogP contribution in [-0.2, 0) is 4.79 Å². The summed E-state index contributed by atoms with van der Waals surface area (Å²) in [5, 5.41) is 3.07. The highest BCUT2D eigenvalue weighted by molar-refractivity contribution is 5.85. The first kappa shape index (κ1) is 23.2. The van der Waals surface area contributed by atoms with E-state index in [1.54, 1.807) is 0 Å². The van der Waals surface area contributed by atoms with Crippen LogP contribution >= 0.6 is 24.8 Å². The Balaban J connectivity index is 0. The summed E-state index contributed by atoms with van der Waals surface area (Å²) in [5.74, 6) is 0.125. The monoisotopic (exact) mass is 341 g/mol. The van der Waals surface area contributed by atoms with Crippen LogP contribution in [0.3, 0.4) is 0 Å². The van der Waals surface area contributed by atoms with Crippen molar-refractivity contribution >= 4 is 30.7 Å². The second-order valence-electron chi connectivity index (χ2n) is 6.32. The van der Waals surface area contributed by atoms with Crippen LogP contribution in [0.5, 0.6) is 0 Å². The van der Waals surface area contributed by atoms with E-state index < -0.39 is 0 Å². The van der Waals surface area contributed by atoms with E-state index in [2.05, 4.69) is 31.0 Å². The zero-order valence-corrected chi connectivity index (χ0v) is 15.5. The summed E-state index contributed by atoms with van der Waals surface area (Å²) in [4.78, 5) is 14.6. The van der Waals surface area contributed by atoms with Crippen molar-refractivity contribution in [3.05, 3.63) is 0 Å². The molecule has 1 aliphatic rings.